The Bertz CT molecular complexity index is 144. The van der Waals surface area contributed by atoms with Crippen molar-refractivity contribution in [2.45, 2.75) is 0 Å². The highest BCUT2D eigenvalue weighted by Crippen LogP contribution is 1.59. The van der Waals surface area contributed by atoms with Gasteiger partial charge in [-0.2, -0.15) is 8.42 Å². The van der Waals surface area contributed by atoms with E-state index in [0.717, 1.165) is 0 Å². The highest BCUT2D eigenvalue weighted by Gasteiger charge is 1.84. The summed E-state index contributed by atoms with van der Waals surface area (Å²) in [6.07, 6.45) is 0. The summed E-state index contributed by atoms with van der Waals surface area (Å²) in [7, 11) is -4.67. The normalized spacial score (nSPS) is 9.08. The van der Waals surface area contributed by atoms with E-state index >= 15 is 0 Å². The van der Waals surface area contributed by atoms with Crippen LogP contribution in [0, 0.1) is 0 Å². The van der Waals surface area contributed by atoms with Crippen LogP contribution in [-0.2, 0) is 10.4 Å². The minimum Gasteiger partial charge on any atom is -0.329 e. The van der Waals surface area contributed by atoms with Gasteiger partial charge < -0.3 is 22.9 Å². The van der Waals surface area contributed by atoms with Crippen LogP contribution in [0.25, 0.3) is 0 Å². The van der Waals surface area contributed by atoms with Gasteiger partial charge in [0.25, 0.3) is 0 Å². The fourth-order valence-corrected chi connectivity index (χ4v) is 0. The molecule has 0 atom stereocenters. The molecule has 9 heteroatoms. The number of nitrogens with two attached hydrogens (primary N) is 4. The predicted octanol–water partition coefficient (Wildman–Crippen LogP) is -2.85. The molecule has 0 heterocycles. The third-order valence-corrected chi connectivity index (χ3v) is 0.333. The first-order chi connectivity index (χ1) is 5.83. The minimum atomic E-state index is -4.67. The molecule has 0 saturated carbocycles. The largest absolute Gasteiger partial charge is 0.394 e. The van der Waals surface area contributed by atoms with Crippen molar-refractivity contribution >= 4 is 10.4 Å². The van der Waals surface area contributed by atoms with Crippen LogP contribution < -0.4 is 22.9 Å². The third-order valence-electron chi connectivity index (χ3n) is 0.333. The second-order valence-corrected chi connectivity index (χ2v) is 2.50. The lowest BCUT2D eigenvalue weighted by atomic mass is 10.7. The number of hydrogen-bond acceptors (Lipinski definition) is 6. The Labute approximate surface area is 77.8 Å². The fraction of sp³-hybridized carbons (Fsp3) is 1.00. The van der Waals surface area contributed by atoms with Crippen molar-refractivity contribution in [2.24, 2.45) is 22.9 Å². The van der Waals surface area contributed by atoms with Crippen LogP contribution in [0.4, 0.5) is 0 Å². The average molecular weight is 218 g/mol. The highest BCUT2D eigenvalue weighted by molar-refractivity contribution is 7.79. The van der Waals surface area contributed by atoms with Crippen LogP contribution in [0.15, 0.2) is 0 Å². The summed E-state index contributed by atoms with van der Waals surface area (Å²) >= 11 is 0. The van der Waals surface area contributed by atoms with Gasteiger partial charge in [0.1, 0.15) is 0 Å². The molecule has 0 amide bonds. The second-order valence-electron chi connectivity index (χ2n) is 1.60. The van der Waals surface area contributed by atoms with Crippen LogP contribution in [0.5, 0.6) is 0 Å². The molecule has 13 heavy (non-hydrogen) atoms. The smallest absolute Gasteiger partial charge is 0.329 e. The van der Waals surface area contributed by atoms with Crippen molar-refractivity contribution in [2.75, 3.05) is 26.2 Å². The zero-order chi connectivity index (χ0) is 11.3. The molecule has 8 nitrogen and oxygen atoms in total. The van der Waals surface area contributed by atoms with E-state index in [-0.39, 0.29) is 0 Å². The van der Waals surface area contributed by atoms with Crippen LogP contribution in [-0.4, -0.2) is 43.7 Å². The Hall–Kier alpha value is -0.290. The quantitative estimate of drug-likeness (QED) is 0.268. The molecule has 10 N–H and O–H groups in total. The van der Waals surface area contributed by atoms with Crippen molar-refractivity contribution < 1.29 is 17.5 Å². The summed E-state index contributed by atoms with van der Waals surface area (Å²) in [4.78, 5) is 0. The molecule has 0 rings (SSSR count). The Balaban J connectivity index is -0.000000117. The summed E-state index contributed by atoms with van der Waals surface area (Å²) < 4.78 is 31.6. The van der Waals surface area contributed by atoms with E-state index in [1.165, 1.54) is 0 Å². The second kappa shape index (κ2) is 14.2. The van der Waals surface area contributed by atoms with Gasteiger partial charge in [-0.3, -0.25) is 9.11 Å². The lowest BCUT2D eigenvalue weighted by Gasteiger charge is -1.72. The maximum atomic E-state index is 8.74. The van der Waals surface area contributed by atoms with Crippen molar-refractivity contribution in [3.63, 3.8) is 0 Å². The maximum absolute atomic E-state index is 8.74. The molecule has 0 spiro atoms. The first-order valence-corrected chi connectivity index (χ1v) is 4.73. The van der Waals surface area contributed by atoms with Gasteiger partial charge in [-0.25, -0.2) is 0 Å². The van der Waals surface area contributed by atoms with Gasteiger partial charge in [-0.15, -0.1) is 0 Å². The molecule has 0 saturated heterocycles. The monoisotopic (exact) mass is 218 g/mol. The van der Waals surface area contributed by atoms with Gasteiger partial charge in [-0.05, 0) is 0 Å². The Kier molecular flexibility index (Phi) is 20.3. The van der Waals surface area contributed by atoms with Gasteiger partial charge in [0.05, 0.1) is 0 Å². The molecule has 0 unspecified atom stereocenters. The van der Waals surface area contributed by atoms with E-state index in [1.807, 2.05) is 0 Å². The maximum Gasteiger partial charge on any atom is 0.394 e. The van der Waals surface area contributed by atoms with E-state index in [9.17, 15) is 0 Å². The Morgan fingerprint density at radius 3 is 0.846 bits per heavy atom. The summed E-state index contributed by atoms with van der Waals surface area (Å²) in [5, 5.41) is 0. The van der Waals surface area contributed by atoms with Crippen molar-refractivity contribution in [3.05, 3.63) is 0 Å². The van der Waals surface area contributed by atoms with Crippen LogP contribution in [0.1, 0.15) is 0 Å². The highest BCUT2D eigenvalue weighted by atomic mass is 32.3. The molecule has 0 aliphatic heterocycles. The van der Waals surface area contributed by atoms with Crippen LogP contribution >= 0.6 is 0 Å². The van der Waals surface area contributed by atoms with Gasteiger partial charge in [-0.1, -0.05) is 0 Å². The van der Waals surface area contributed by atoms with E-state index in [0.29, 0.717) is 26.2 Å². The summed E-state index contributed by atoms with van der Waals surface area (Å²) in [5.74, 6) is 0. The lowest BCUT2D eigenvalue weighted by molar-refractivity contribution is 0.381. The zero-order valence-electron chi connectivity index (χ0n) is 7.26. The number of rotatable bonds is 2. The zero-order valence-corrected chi connectivity index (χ0v) is 8.07. The first kappa shape index (κ1) is 18.5. The van der Waals surface area contributed by atoms with Crippen molar-refractivity contribution in [3.8, 4) is 0 Å². The molecule has 0 aromatic carbocycles. The van der Waals surface area contributed by atoms with Gasteiger partial charge in [0.2, 0.25) is 0 Å². The molecular weight excluding hydrogens is 200 g/mol. The minimum absolute atomic E-state index is 0.597. The topological polar surface area (TPSA) is 179 Å². The molecule has 0 fully saturated rings. The van der Waals surface area contributed by atoms with E-state index in [1.54, 1.807) is 0 Å². The van der Waals surface area contributed by atoms with Crippen LogP contribution in [0.3, 0.4) is 0 Å². The molecule has 0 aliphatic rings. The summed E-state index contributed by atoms with van der Waals surface area (Å²) in [5.41, 5.74) is 19.6. The fourth-order valence-electron chi connectivity index (χ4n) is 0. The Morgan fingerprint density at radius 2 is 0.846 bits per heavy atom. The molecular formula is C4H18N4O4S. The molecule has 0 bridgehead atoms. The molecule has 0 aromatic heterocycles. The Morgan fingerprint density at radius 1 is 0.769 bits per heavy atom. The lowest BCUT2D eigenvalue weighted by Crippen LogP contribution is -2.11. The van der Waals surface area contributed by atoms with E-state index in [2.05, 4.69) is 0 Å². The van der Waals surface area contributed by atoms with Crippen LogP contribution in [0.2, 0.25) is 0 Å². The SMILES string of the molecule is NCCN.NCCN.O=S(=O)(O)O. The van der Waals surface area contributed by atoms with Crippen molar-refractivity contribution in [1.82, 2.24) is 0 Å². The number of hydrogen-bond donors (Lipinski definition) is 6. The van der Waals surface area contributed by atoms with E-state index < -0.39 is 10.4 Å². The summed E-state index contributed by atoms with van der Waals surface area (Å²) in [6, 6.07) is 0. The van der Waals surface area contributed by atoms with Gasteiger partial charge >= 0.3 is 10.4 Å². The van der Waals surface area contributed by atoms with Crippen molar-refractivity contribution in [1.29, 1.82) is 0 Å². The first-order valence-electron chi connectivity index (χ1n) is 3.33. The van der Waals surface area contributed by atoms with E-state index in [4.69, 9.17) is 40.5 Å². The predicted molar refractivity (Wildman–Crippen MR) is 50.4 cm³/mol. The van der Waals surface area contributed by atoms with Gasteiger partial charge in [0, 0.05) is 26.2 Å². The standard InChI is InChI=1S/2C2H8N2.H2O4S/c2*3-1-2-4;1-5(2,3)4/h2*1-4H2;(H2,1,2,3,4). The summed E-state index contributed by atoms with van der Waals surface area (Å²) in [6.45, 7) is 2.39. The average Bonchev–Trinajstić information content (AvgIpc) is 2.01. The van der Waals surface area contributed by atoms with Gasteiger partial charge in [0.15, 0.2) is 0 Å². The third kappa shape index (κ3) is 378. The molecule has 0 aromatic rings. The molecule has 0 aliphatic carbocycles. The molecule has 0 radical (unpaired) electrons. The molecule has 84 valence electrons.